The summed E-state index contributed by atoms with van der Waals surface area (Å²) >= 11 is 0. The van der Waals surface area contributed by atoms with Crippen LogP contribution < -0.4 is 11.1 Å². The molecule has 1 aromatic rings. The number of hydrogen-bond donors (Lipinski definition) is 2. The Hall–Kier alpha value is -2.34. The normalized spacial score (nSPS) is 11.3. The van der Waals surface area contributed by atoms with Gasteiger partial charge in [0.2, 0.25) is 0 Å². The smallest absolute Gasteiger partial charge is 0.408 e. The van der Waals surface area contributed by atoms with E-state index in [0.29, 0.717) is 19.4 Å². The van der Waals surface area contributed by atoms with Crippen LogP contribution in [0.3, 0.4) is 0 Å². The van der Waals surface area contributed by atoms with Gasteiger partial charge in [0.1, 0.15) is 19.3 Å². The molecular weight excluding hydrogens is 296 g/mol. The molecule has 23 heavy (non-hydrogen) atoms. The van der Waals surface area contributed by atoms with E-state index >= 15 is 0 Å². The van der Waals surface area contributed by atoms with E-state index < -0.39 is 18.1 Å². The zero-order valence-corrected chi connectivity index (χ0v) is 13.2. The minimum atomic E-state index is -0.748. The molecule has 0 fully saturated rings. The minimum Gasteiger partial charge on any atom is -0.459 e. The molecule has 0 saturated heterocycles. The van der Waals surface area contributed by atoms with Crippen LogP contribution in [0.5, 0.6) is 0 Å². The summed E-state index contributed by atoms with van der Waals surface area (Å²) in [7, 11) is 0. The van der Waals surface area contributed by atoms with E-state index in [1.807, 2.05) is 30.3 Å². The van der Waals surface area contributed by atoms with Crippen molar-refractivity contribution in [1.82, 2.24) is 5.32 Å². The van der Waals surface area contributed by atoms with Crippen molar-refractivity contribution < 1.29 is 19.1 Å². The lowest BCUT2D eigenvalue weighted by Gasteiger charge is -2.17. The van der Waals surface area contributed by atoms with Gasteiger partial charge in [-0.25, -0.2) is 9.59 Å². The van der Waals surface area contributed by atoms with Gasteiger partial charge in [-0.1, -0.05) is 43.0 Å². The number of rotatable bonds is 10. The number of esters is 1. The van der Waals surface area contributed by atoms with E-state index in [2.05, 4.69) is 11.9 Å². The second-order valence-electron chi connectivity index (χ2n) is 4.96. The average Bonchev–Trinajstić information content (AvgIpc) is 2.58. The molecule has 0 aliphatic rings. The van der Waals surface area contributed by atoms with Crippen LogP contribution in [0.25, 0.3) is 0 Å². The van der Waals surface area contributed by atoms with Gasteiger partial charge < -0.3 is 20.5 Å². The monoisotopic (exact) mass is 320 g/mol. The molecule has 1 unspecified atom stereocenters. The SMILES string of the molecule is C=CCOC(=O)NC(CCCCN)C(=O)OCc1ccccc1. The van der Waals surface area contributed by atoms with Crippen LogP contribution in [0.2, 0.25) is 0 Å². The molecule has 0 saturated carbocycles. The number of alkyl carbamates (subject to hydrolysis) is 1. The largest absolute Gasteiger partial charge is 0.459 e. The maximum Gasteiger partial charge on any atom is 0.408 e. The number of amides is 1. The van der Waals surface area contributed by atoms with Crippen molar-refractivity contribution >= 4 is 12.1 Å². The van der Waals surface area contributed by atoms with Crippen molar-refractivity contribution in [2.75, 3.05) is 13.2 Å². The first-order valence-electron chi connectivity index (χ1n) is 7.62. The summed E-state index contributed by atoms with van der Waals surface area (Å²) in [6.45, 7) is 4.24. The van der Waals surface area contributed by atoms with E-state index in [1.54, 1.807) is 0 Å². The van der Waals surface area contributed by atoms with Gasteiger partial charge in [-0.15, -0.1) is 0 Å². The van der Waals surface area contributed by atoms with Crippen LogP contribution in [0, 0.1) is 0 Å². The molecule has 0 aliphatic heterocycles. The molecule has 0 bridgehead atoms. The zero-order chi connectivity index (χ0) is 16.9. The van der Waals surface area contributed by atoms with Crippen LogP contribution in [0.4, 0.5) is 4.79 Å². The van der Waals surface area contributed by atoms with Gasteiger partial charge >= 0.3 is 12.1 Å². The molecule has 1 aromatic carbocycles. The van der Waals surface area contributed by atoms with Gasteiger partial charge in [-0.2, -0.15) is 0 Å². The third-order valence-corrected chi connectivity index (χ3v) is 3.08. The highest BCUT2D eigenvalue weighted by molar-refractivity contribution is 5.81. The van der Waals surface area contributed by atoms with Gasteiger partial charge in [0.15, 0.2) is 0 Å². The second-order valence-corrected chi connectivity index (χ2v) is 4.96. The number of carbonyl (C=O) groups excluding carboxylic acids is 2. The number of benzene rings is 1. The number of nitrogens with one attached hydrogen (secondary N) is 1. The number of hydrogen-bond acceptors (Lipinski definition) is 5. The third-order valence-electron chi connectivity index (χ3n) is 3.08. The van der Waals surface area contributed by atoms with Crippen LogP contribution in [-0.4, -0.2) is 31.3 Å². The predicted octanol–water partition coefficient (Wildman–Crippen LogP) is 2.14. The van der Waals surface area contributed by atoms with Gasteiger partial charge in [0.25, 0.3) is 0 Å². The lowest BCUT2D eigenvalue weighted by molar-refractivity contribution is -0.147. The molecular formula is C17H24N2O4. The summed E-state index contributed by atoms with van der Waals surface area (Å²) in [6, 6.07) is 8.60. The molecule has 6 heteroatoms. The fraction of sp³-hybridized carbons (Fsp3) is 0.412. The molecule has 1 amide bonds. The number of nitrogens with two attached hydrogens (primary N) is 1. The highest BCUT2D eigenvalue weighted by Crippen LogP contribution is 2.06. The first kappa shape index (κ1) is 18.7. The standard InChI is InChI=1S/C17H24N2O4/c1-2-12-22-17(21)19-15(10-6-7-11-18)16(20)23-13-14-8-4-3-5-9-14/h2-5,8-9,15H,1,6-7,10-13,18H2,(H,19,21). The summed E-state index contributed by atoms with van der Waals surface area (Å²) in [5, 5.41) is 2.52. The van der Waals surface area contributed by atoms with E-state index in [9.17, 15) is 9.59 Å². The Morgan fingerprint density at radius 1 is 1.22 bits per heavy atom. The summed E-state index contributed by atoms with van der Waals surface area (Å²) < 4.78 is 10.1. The third kappa shape index (κ3) is 8.01. The maximum atomic E-state index is 12.2. The Morgan fingerprint density at radius 2 is 1.96 bits per heavy atom. The molecule has 0 aromatic heterocycles. The molecule has 1 atom stereocenters. The average molecular weight is 320 g/mol. The summed E-state index contributed by atoms with van der Waals surface area (Å²) in [5.41, 5.74) is 6.34. The fourth-order valence-corrected chi connectivity index (χ4v) is 1.89. The Labute approximate surface area is 136 Å². The highest BCUT2D eigenvalue weighted by Gasteiger charge is 2.22. The van der Waals surface area contributed by atoms with Crippen molar-refractivity contribution in [2.45, 2.75) is 31.9 Å². The van der Waals surface area contributed by atoms with Gasteiger partial charge in [0.05, 0.1) is 0 Å². The Kier molecular flexibility index (Phi) is 9.16. The van der Waals surface area contributed by atoms with Crippen LogP contribution in [0.15, 0.2) is 43.0 Å². The maximum absolute atomic E-state index is 12.2. The second kappa shape index (κ2) is 11.3. The molecule has 3 N–H and O–H groups in total. The van der Waals surface area contributed by atoms with Crippen LogP contribution in [0.1, 0.15) is 24.8 Å². The minimum absolute atomic E-state index is 0.0837. The van der Waals surface area contributed by atoms with E-state index in [0.717, 1.165) is 12.0 Å². The molecule has 1 rings (SSSR count). The summed E-state index contributed by atoms with van der Waals surface area (Å²) in [6.07, 6.45) is 2.72. The van der Waals surface area contributed by atoms with Gasteiger partial charge in [-0.05, 0) is 31.4 Å². The van der Waals surface area contributed by atoms with Crippen molar-refractivity contribution in [3.05, 3.63) is 48.6 Å². The predicted molar refractivity (Wildman–Crippen MR) is 87.6 cm³/mol. The first-order chi connectivity index (χ1) is 11.2. The van der Waals surface area contributed by atoms with Crippen molar-refractivity contribution in [3.8, 4) is 0 Å². The molecule has 0 aliphatic carbocycles. The quantitative estimate of drug-likeness (QED) is 0.391. The Balaban J connectivity index is 2.52. The zero-order valence-electron chi connectivity index (χ0n) is 13.2. The Bertz CT molecular complexity index is 491. The summed E-state index contributed by atoms with van der Waals surface area (Å²) in [5.74, 6) is -0.485. The van der Waals surface area contributed by atoms with Crippen molar-refractivity contribution in [1.29, 1.82) is 0 Å². The molecule has 126 valence electrons. The van der Waals surface area contributed by atoms with Crippen molar-refractivity contribution in [3.63, 3.8) is 0 Å². The highest BCUT2D eigenvalue weighted by atomic mass is 16.6. The van der Waals surface area contributed by atoms with E-state index in [1.165, 1.54) is 6.08 Å². The first-order valence-corrected chi connectivity index (χ1v) is 7.62. The van der Waals surface area contributed by atoms with Crippen LogP contribution in [-0.2, 0) is 20.9 Å². The molecule has 0 radical (unpaired) electrons. The molecule has 6 nitrogen and oxygen atoms in total. The Morgan fingerprint density at radius 3 is 2.61 bits per heavy atom. The molecule has 0 heterocycles. The van der Waals surface area contributed by atoms with Crippen molar-refractivity contribution in [2.24, 2.45) is 5.73 Å². The molecule has 0 spiro atoms. The lowest BCUT2D eigenvalue weighted by atomic mass is 10.1. The fourth-order valence-electron chi connectivity index (χ4n) is 1.89. The number of carbonyl (C=O) groups is 2. The topological polar surface area (TPSA) is 90.6 Å². The van der Waals surface area contributed by atoms with Gasteiger partial charge in [0, 0.05) is 0 Å². The van der Waals surface area contributed by atoms with Crippen LogP contribution >= 0.6 is 0 Å². The number of ether oxygens (including phenoxy) is 2. The van der Waals surface area contributed by atoms with Gasteiger partial charge in [-0.3, -0.25) is 0 Å². The van der Waals surface area contributed by atoms with E-state index in [4.69, 9.17) is 15.2 Å². The number of unbranched alkanes of at least 4 members (excludes halogenated alkanes) is 1. The lowest BCUT2D eigenvalue weighted by Crippen LogP contribution is -2.42. The van der Waals surface area contributed by atoms with E-state index in [-0.39, 0.29) is 13.2 Å². The summed E-state index contributed by atoms with van der Waals surface area (Å²) in [4.78, 5) is 23.8.